The smallest absolute Gasteiger partial charge is 0.435 e. The molecule has 0 spiro atoms. The van der Waals surface area contributed by atoms with E-state index in [1.807, 2.05) is 18.2 Å². The second-order valence-corrected chi connectivity index (χ2v) is 9.88. The van der Waals surface area contributed by atoms with E-state index in [-0.39, 0.29) is 3.42 Å². The van der Waals surface area contributed by atoms with Crippen LogP contribution in [0.3, 0.4) is 0 Å². The molecule has 0 saturated heterocycles. The zero-order valence-electron chi connectivity index (χ0n) is 15.6. The number of alkyl halides is 1. The number of benzene rings is 1. The van der Waals surface area contributed by atoms with Gasteiger partial charge >= 0.3 is 6.09 Å². The van der Waals surface area contributed by atoms with Crippen molar-refractivity contribution in [2.24, 2.45) is 0 Å². The van der Waals surface area contributed by atoms with Gasteiger partial charge in [0.1, 0.15) is 11.0 Å². The van der Waals surface area contributed by atoms with Gasteiger partial charge in [-0.15, -0.1) is 5.10 Å². The third-order valence-corrected chi connectivity index (χ3v) is 4.57. The first-order valence-electron chi connectivity index (χ1n) is 8.62. The first-order valence-corrected chi connectivity index (χ1v) is 9.70. The van der Waals surface area contributed by atoms with E-state index in [0.29, 0.717) is 22.4 Å². The van der Waals surface area contributed by atoms with Crippen molar-refractivity contribution in [3.8, 4) is 0 Å². The van der Waals surface area contributed by atoms with E-state index in [1.54, 1.807) is 18.3 Å². The van der Waals surface area contributed by atoms with Gasteiger partial charge in [0, 0.05) is 33.2 Å². The molecule has 0 radical (unpaired) electrons. The number of halogens is 1. The molecule has 0 fully saturated rings. The molecule has 4 aromatic rings. The summed E-state index contributed by atoms with van der Waals surface area (Å²) in [5, 5.41) is 12.7. The Bertz CT molecular complexity index is 1180. The van der Waals surface area contributed by atoms with Gasteiger partial charge < -0.3 is 14.6 Å². The fourth-order valence-electron chi connectivity index (χ4n) is 2.99. The third-order valence-electron chi connectivity index (χ3n) is 4.18. The molecule has 1 N–H and O–H groups in total. The number of nitrogens with zero attached hydrogens (tertiary/aromatic N) is 4. The molecule has 0 bridgehead atoms. The highest BCUT2D eigenvalue weighted by molar-refractivity contribution is 14.1. The summed E-state index contributed by atoms with van der Waals surface area (Å²) in [6.45, 7) is 4.31. The number of ether oxygens (including phenoxy) is 1. The Balaban J connectivity index is 1.70. The summed E-state index contributed by atoms with van der Waals surface area (Å²) in [6, 6.07) is 9.25. The summed E-state index contributed by atoms with van der Waals surface area (Å²) in [7, 11) is 1.31. The Morgan fingerprint density at radius 2 is 2.18 bits per heavy atom. The average Bonchev–Trinajstić information content (AvgIpc) is 3.22. The van der Waals surface area contributed by atoms with E-state index in [0.717, 1.165) is 23.2 Å². The number of hydrogen-bond donors (Lipinski definition) is 1. The van der Waals surface area contributed by atoms with Crippen LogP contribution in [0.15, 0.2) is 41.1 Å². The third kappa shape index (κ3) is 3.53. The minimum atomic E-state index is -0.581. The van der Waals surface area contributed by atoms with Crippen molar-refractivity contribution in [2.75, 3.05) is 12.4 Å². The molecule has 0 aliphatic rings. The lowest BCUT2D eigenvalue weighted by Gasteiger charge is -2.13. The molecule has 3 heterocycles. The van der Waals surface area contributed by atoms with Crippen molar-refractivity contribution in [1.82, 2.24) is 19.9 Å². The van der Waals surface area contributed by atoms with Crippen molar-refractivity contribution in [3.05, 3.63) is 42.2 Å². The molecule has 0 aliphatic heterocycles. The first-order chi connectivity index (χ1) is 13.4. The van der Waals surface area contributed by atoms with Crippen molar-refractivity contribution in [2.45, 2.75) is 23.7 Å². The molecule has 8 nitrogen and oxygen atoms in total. The van der Waals surface area contributed by atoms with Crippen LogP contribution in [0.1, 0.15) is 19.5 Å². The molecule has 0 aliphatic carbocycles. The van der Waals surface area contributed by atoms with Crippen LogP contribution in [0.4, 0.5) is 16.3 Å². The topological polar surface area (TPSA) is 95.1 Å². The van der Waals surface area contributed by atoms with Gasteiger partial charge in [-0.3, -0.25) is 4.98 Å². The molecule has 144 valence electrons. The lowest BCUT2D eigenvalue weighted by atomic mass is 10.0. The van der Waals surface area contributed by atoms with Gasteiger partial charge in [0.15, 0.2) is 11.4 Å². The van der Waals surface area contributed by atoms with Gasteiger partial charge in [-0.05, 0) is 24.3 Å². The Labute approximate surface area is 174 Å². The average molecular weight is 491 g/mol. The van der Waals surface area contributed by atoms with Crippen molar-refractivity contribution >= 4 is 62.2 Å². The van der Waals surface area contributed by atoms with Crippen LogP contribution in [0.2, 0.25) is 0 Å². The SMILES string of the molecule is COC(=O)n1nc(Nc2ccc3c(CC(C)(C)I)noc3c2)c2ncccc21. The maximum atomic E-state index is 12.0. The van der Waals surface area contributed by atoms with Gasteiger partial charge in [-0.1, -0.05) is 41.6 Å². The molecule has 0 amide bonds. The first kappa shape index (κ1) is 18.7. The van der Waals surface area contributed by atoms with E-state index in [9.17, 15) is 4.79 Å². The minimum absolute atomic E-state index is 0.0871. The molecule has 28 heavy (non-hydrogen) atoms. The maximum Gasteiger partial charge on any atom is 0.435 e. The maximum absolute atomic E-state index is 12.0. The Morgan fingerprint density at radius 1 is 1.36 bits per heavy atom. The van der Waals surface area contributed by atoms with E-state index >= 15 is 0 Å². The van der Waals surface area contributed by atoms with Crippen LogP contribution < -0.4 is 5.32 Å². The van der Waals surface area contributed by atoms with Gasteiger partial charge in [0.05, 0.1) is 12.8 Å². The largest absolute Gasteiger partial charge is 0.451 e. The number of carbonyl (C=O) groups is 1. The summed E-state index contributed by atoms with van der Waals surface area (Å²) >= 11 is 2.40. The van der Waals surface area contributed by atoms with Crippen LogP contribution in [-0.4, -0.2) is 36.5 Å². The Hall–Kier alpha value is -2.69. The summed E-state index contributed by atoms with van der Waals surface area (Å²) in [4.78, 5) is 16.3. The number of anilines is 2. The van der Waals surface area contributed by atoms with Crippen molar-refractivity contribution < 1.29 is 14.1 Å². The van der Waals surface area contributed by atoms with Crippen LogP contribution in [-0.2, 0) is 11.2 Å². The highest BCUT2D eigenvalue weighted by atomic mass is 127. The number of hydrogen-bond acceptors (Lipinski definition) is 7. The summed E-state index contributed by atoms with van der Waals surface area (Å²) in [5.74, 6) is 0.452. The number of fused-ring (bicyclic) bond motifs is 2. The number of methoxy groups -OCH3 is 1. The molecule has 9 heteroatoms. The number of nitrogens with one attached hydrogen (secondary N) is 1. The van der Waals surface area contributed by atoms with E-state index in [4.69, 9.17) is 9.26 Å². The Kier molecular flexibility index (Phi) is 4.69. The number of carbonyl (C=O) groups excluding carboxylic acids is 1. The van der Waals surface area contributed by atoms with Crippen LogP contribution in [0, 0.1) is 0 Å². The standard InChI is InChI=1S/C19H18IN5O3/c1-19(2,20)10-13-12-7-6-11(9-15(12)28-24-13)22-17-16-14(5-4-8-21-16)25(23-17)18(26)27-3/h4-9H,10H2,1-3H3,(H,22,23). The fourth-order valence-corrected chi connectivity index (χ4v) is 3.35. The predicted molar refractivity (Wildman–Crippen MR) is 114 cm³/mol. The minimum Gasteiger partial charge on any atom is -0.451 e. The van der Waals surface area contributed by atoms with Crippen LogP contribution in [0.25, 0.3) is 22.0 Å². The van der Waals surface area contributed by atoms with Crippen LogP contribution in [0.5, 0.6) is 0 Å². The van der Waals surface area contributed by atoms with E-state index in [1.165, 1.54) is 11.8 Å². The second-order valence-electron chi connectivity index (χ2n) is 6.96. The van der Waals surface area contributed by atoms with Crippen molar-refractivity contribution in [3.63, 3.8) is 0 Å². The van der Waals surface area contributed by atoms with Gasteiger partial charge in [0.2, 0.25) is 0 Å². The molecule has 4 rings (SSSR count). The zero-order valence-corrected chi connectivity index (χ0v) is 17.7. The Morgan fingerprint density at radius 3 is 2.93 bits per heavy atom. The normalized spacial score (nSPS) is 11.9. The molecule has 0 atom stereocenters. The number of aromatic nitrogens is 4. The van der Waals surface area contributed by atoms with E-state index in [2.05, 4.69) is 57.0 Å². The molecule has 0 saturated carbocycles. The summed E-state index contributed by atoms with van der Waals surface area (Å²) in [6.07, 6.45) is 1.88. The highest BCUT2D eigenvalue weighted by Gasteiger charge is 2.20. The summed E-state index contributed by atoms with van der Waals surface area (Å²) in [5.41, 5.74) is 3.50. The number of pyridine rings is 1. The number of rotatable bonds is 4. The molecular formula is C19H18IN5O3. The molecular weight excluding hydrogens is 473 g/mol. The van der Waals surface area contributed by atoms with Gasteiger partial charge in [-0.2, -0.15) is 4.68 Å². The summed E-state index contributed by atoms with van der Waals surface area (Å²) < 4.78 is 11.6. The zero-order chi connectivity index (χ0) is 19.9. The lowest BCUT2D eigenvalue weighted by molar-refractivity contribution is 0.170. The molecule has 0 unspecified atom stereocenters. The van der Waals surface area contributed by atoms with Gasteiger partial charge in [-0.25, -0.2) is 4.79 Å². The quantitative estimate of drug-likeness (QED) is 0.327. The highest BCUT2D eigenvalue weighted by Crippen LogP contribution is 2.30. The van der Waals surface area contributed by atoms with Gasteiger partial charge in [0.25, 0.3) is 0 Å². The monoisotopic (exact) mass is 491 g/mol. The van der Waals surface area contributed by atoms with Crippen LogP contribution >= 0.6 is 22.6 Å². The second kappa shape index (κ2) is 7.04. The fraction of sp³-hybridized carbons (Fsp3) is 0.263. The van der Waals surface area contributed by atoms with Crippen molar-refractivity contribution in [1.29, 1.82) is 0 Å². The molecule has 1 aromatic carbocycles. The molecule has 3 aromatic heterocycles. The van der Waals surface area contributed by atoms with E-state index < -0.39 is 6.09 Å². The lowest BCUT2D eigenvalue weighted by Crippen LogP contribution is -2.13. The predicted octanol–water partition coefficient (Wildman–Crippen LogP) is 4.69.